The van der Waals surface area contributed by atoms with Crippen LogP contribution in [0.4, 0.5) is 0 Å². The van der Waals surface area contributed by atoms with Crippen LogP contribution in [0, 0.1) is 6.92 Å². The van der Waals surface area contributed by atoms with Crippen molar-refractivity contribution < 1.29 is 24.2 Å². The van der Waals surface area contributed by atoms with Crippen molar-refractivity contribution in [3.05, 3.63) is 77.4 Å². The van der Waals surface area contributed by atoms with Crippen molar-refractivity contribution in [1.29, 1.82) is 0 Å². The molecule has 33 heavy (non-hydrogen) atoms. The molecule has 0 radical (unpaired) electrons. The molecule has 174 valence electrons. The van der Waals surface area contributed by atoms with Crippen molar-refractivity contribution in [2.24, 2.45) is 0 Å². The Balaban J connectivity index is 2.11. The Hall–Kier alpha value is -3.58. The summed E-state index contributed by atoms with van der Waals surface area (Å²) in [6.07, 6.45) is 1.65. The molecule has 0 bridgehead atoms. The number of aliphatic hydroxyl groups is 1. The number of aliphatic hydroxyl groups excluding tert-OH is 1. The fourth-order valence-electron chi connectivity index (χ4n) is 3.84. The number of hydrogen-bond acceptors (Lipinski definition) is 6. The summed E-state index contributed by atoms with van der Waals surface area (Å²) in [5.74, 6) is -0.229. The topological polar surface area (TPSA) is 79.3 Å². The highest BCUT2D eigenvalue weighted by Crippen LogP contribution is 2.40. The van der Waals surface area contributed by atoms with E-state index in [9.17, 15) is 14.7 Å². The summed E-state index contributed by atoms with van der Waals surface area (Å²) in [6.45, 7) is 6.74. The summed E-state index contributed by atoms with van der Waals surface area (Å²) < 4.78 is 10.8. The first kappa shape index (κ1) is 24.1. The van der Waals surface area contributed by atoms with Gasteiger partial charge in [0.15, 0.2) is 0 Å². The van der Waals surface area contributed by atoms with E-state index in [4.69, 9.17) is 9.47 Å². The van der Waals surface area contributed by atoms with Crippen molar-refractivity contribution >= 4 is 17.4 Å². The summed E-state index contributed by atoms with van der Waals surface area (Å²) in [5, 5.41) is 11.3. The van der Waals surface area contributed by atoms with Crippen LogP contribution in [0.5, 0.6) is 11.5 Å². The van der Waals surface area contributed by atoms with Crippen LogP contribution in [-0.2, 0) is 9.59 Å². The zero-order valence-corrected chi connectivity index (χ0v) is 19.5. The maximum atomic E-state index is 13.1. The van der Waals surface area contributed by atoms with Gasteiger partial charge in [-0.2, -0.15) is 0 Å². The number of amides is 1. The van der Waals surface area contributed by atoms with Gasteiger partial charge >= 0.3 is 0 Å². The molecule has 2 aromatic carbocycles. The number of ether oxygens (including phenoxy) is 2. The molecule has 1 heterocycles. The Morgan fingerprint density at radius 3 is 2.39 bits per heavy atom. The molecular weight excluding hydrogens is 420 g/mol. The van der Waals surface area contributed by atoms with E-state index in [1.54, 1.807) is 43.5 Å². The number of rotatable bonds is 9. The maximum Gasteiger partial charge on any atom is 0.295 e. The molecule has 0 aliphatic carbocycles. The lowest BCUT2D eigenvalue weighted by atomic mass is 9.94. The molecule has 7 nitrogen and oxygen atoms in total. The van der Waals surface area contributed by atoms with Crippen molar-refractivity contribution in [2.75, 3.05) is 40.9 Å². The van der Waals surface area contributed by atoms with Crippen molar-refractivity contribution in [3.8, 4) is 11.5 Å². The number of ketones is 1. The molecular formula is C26H30N2O5. The number of benzene rings is 2. The highest BCUT2D eigenvalue weighted by molar-refractivity contribution is 6.46. The van der Waals surface area contributed by atoms with Crippen molar-refractivity contribution in [1.82, 2.24) is 9.80 Å². The second-order valence-corrected chi connectivity index (χ2v) is 8.15. The molecule has 7 heteroatoms. The Morgan fingerprint density at radius 1 is 1.15 bits per heavy atom. The van der Waals surface area contributed by atoms with Crippen LogP contribution in [0.1, 0.15) is 22.7 Å². The first-order chi connectivity index (χ1) is 15.8. The first-order valence-corrected chi connectivity index (χ1v) is 10.7. The monoisotopic (exact) mass is 450 g/mol. The van der Waals surface area contributed by atoms with Crippen LogP contribution in [0.15, 0.2) is 60.7 Å². The summed E-state index contributed by atoms with van der Waals surface area (Å²) in [4.78, 5) is 29.6. The lowest BCUT2D eigenvalue weighted by Gasteiger charge is -2.26. The van der Waals surface area contributed by atoms with Crippen molar-refractivity contribution in [2.45, 2.75) is 13.0 Å². The van der Waals surface area contributed by atoms with E-state index in [0.29, 0.717) is 36.8 Å². The summed E-state index contributed by atoms with van der Waals surface area (Å²) >= 11 is 0. The van der Waals surface area contributed by atoms with Gasteiger partial charge in [0.05, 0.1) is 18.7 Å². The molecule has 0 spiro atoms. The number of hydrogen-bond donors (Lipinski definition) is 1. The minimum absolute atomic E-state index is 0.0757. The number of Topliss-reactive ketones (excluding diaryl/α,β-unsaturated/α-hetero) is 1. The van der Waals surface area contributed by atoms with E-state index in [1.807, 2.05) is 38.1 Å². The Kier molecular flexibility index (Phi) is 7.55. The fourth-order valence-corrected chi connectivity index (χ4v) is 3.84. The summed E-state index contributed by atoms with van der Waals surface area (Å²) in [5.41, 5.74) is 2.00. The van der Waals surface area contributed by atoms with Crippen molar-refractivity contribution in [3.63, 3.8) is 0 Å². The first-order valence-electron chi connectivity index (χ1n) is 10.7. The van der Waals surface area contributed by atoms with Gasteiger partial charge in [-0.15, -0.1) is 0 Å². The van der Waals surface area contributed by atoms with Gasteiger partial charge in [0.25, 0.3) is 11.7 Å². The van der Waals surface area contributed by atoms with Crippen LogP contribution in [-0.4, -0.2) is 67.5 Å². The van der Waals surface area contributed by atoms with Gasteiger partial charge in [-0.1, -0.05) is 24.8 Å². The third-order valence-corrected chi connectivity index (χ3v) is 5.58. The highest BCUT2D eigenvalue weighted by atomic mass is 16.5. The quantitative estimate of drug-likeness (QED) is 0.272. The third kappa shape index (κ3) is 5.09. The molecule has 1 aliphatic rings. The molecule has 1 N–H and O–H groups in total. The number of carbonyl (C=O) groups excluding carboxylic acids is 2. The largest absolute Gasteiger partial charge is 0.507 e. The lowest BCUT2D eigenvalue weighted by molar-refractivity contribution is -0.140. The second kappa shape index (κ2) is 10.4. The standard InChI is InChI=1S/C26H30N2O5/c1-6-15-33-20-11-12-21(17(2)16-20)24(29)22-23(18-7-9-19(32-5)10-8-18)28(14-13-27(3)4)26(31)25(22)30/h6-12,16,23,29H,1,13-15H2,2-5H3. The van der Waals surface area contributed by atoms with E-state index in [1.165, 1.54) is 4.90 Å². The van der Waals surface area contributed by atoms with Gasteiger partial charge in [0.1, 0.15) is 23.9 Å². The summed E-state index contributed by atoms with van der Waals surface area (Å²) in [7, 11) is 5.38. The Labute approximate surface area is 194 Å². The van der Waals surface area contributed by atoms with E-state index in [0.717, 1.165) is 11.1 Å². The molecule has 1 fully saturated rings. The van der Waals surface area contributed by atoms with E-state index < -0.39 is 17.7 Å². The second-order valence-electron chi connectivity index (χ2n) is 8.15. The predicted molar refractivity (Wildman–Crippen MR) is 127 cm³/mol. The van der Waals surface area contributed by atoms with Gasteiger partial charge in [0, 0.05) is 18.7 Å². The number of nitrogens with zero attached hydrogens (tertiary/aromatic N) is 2. The molecule has 1 aliphatic heterocycles. The van der Waals surface area contributed by atoms with Crippen LogP contribution in [0.3, 0.4) is 0 Å². The van der Waals surface area contributed by atoms with E-state index >= 15 is 0 Å². The van der Waals surface area contributed by atoms with Gasteiger partial charge in [-0.05, 0) is 62.5 Å². The number of likely N-dealkylation sites (tertiary alicyclic amines) is 1. The van der Waals surface area contributed by atoms with Gasteiger partial charge < -0.3 is 24.4 Å². The van der Waals surface area contributed by atoms with Crippen LogP contribution in [0.25, 0.3) is 5.76 Å². The highest BCUT2D eigenvalue weighted by Gasteiger charge is 2.46. The number of likely N-dealkylation sites (N-methyl/N-ethyl adjacent to an activating group) is 1. The van der Waals surface area contributed by atoms with Crippen LogP contribution >= 0.6 is 0 Å². The molecule has 2 aromatic rings. The third-order valence-electron chi connectivity index (χ3n) is 5.58. The Bertz CT molecular complexity index is 1070. The number of aryl methyl sites for hydroxylation is 1. The molecule has 0 aromatic heterocycles. The minimum atomic E-state index is -0.702. The van der Waals surface area contributed by atoms with Gasteiger partial charge in [-0.25, -0.2) is 0 Å². The number of methoxy groups -OCH3 is 1. The molecule has 0 saturated carbocycles. The number of carbonyl (C=O) groups is 2. The average molecular weight is 451 g/mol. The zero-order valence-electron chi connectivity index (χ0n) is 19.5. The summed E-state index contributed by atoms with van der Waals surface area (Å²) in [6, 6.07) is 11.7. The maximum absolute atomic E-state index is 13.1. The average Bonchev–Trinajstić information content (AvgIpc) is 3.05. The van der Waals surface area contributed by atoms with Crippen LogP contribution in [0.2, 0.25) is 0 Å². The molecule has 3 rings (SSSR count). The normalized spacial score (nSPS) is 17.5. The van der Waals surface area contributed by atoms with E-state index in [2.05, 4.69) is 6.58 Å². The Morgan fingerprint density at radius 2 is 1.82 bits per heavy atom. The predicted octanol–water partition coefficient (Wildman–Crippen LogP) is 3.55. The minimum Gasteiger partial charge on any atom is -0.507 e. The van der Waals surface area contributed by atoms with Gasteiger partial charge in [0.2, 0.25) is 0 Å². The molecule has 1 atom stereocenters. The SMILES string of the molecule is C=CCOc1ccc(C(O)=C2C(=O)C(=O)N(CCN(C)C)C2c2ccc(OC)cc2)c(C)c1. The molecule has 1 unspecified atom stereocenters. The van der Waals surface area contributed by atoms with E-state index in [-0.39, 0.29) is 11.3 Å². The lowest BCUT2D eigenvalue weighted by Crippen LogP contribution is -2.35. The zero-order chi connectivity index (χ0) is 24.1. The fraction of sp³-hybridized carbons (Fsp3) is 0.308. The van der Waals surface area contributed by atoms with Crippen LogP contribution < -0.4 is 9.47 Å². The molecule has 1 amide bonds. The smallest absolute Gasteiger partial charge is 0.295 e. The van der Waals surface area contributed by atoms with Gasteiger partial charge in [-0.3, -0.25) is 9.59 Å². The molecule has 1 saturated heterocycles.